The fourth-order valence-electron chi connectivity index (χ4n) is 1.93. The molecular formula is C11H17NO3. The van der Waals surface area contributed by atoms with Gasteiger partial charge in [-0.15, -0.1) is 0 Å². The second-order valence-electron chi connectivity index (χ2n) is 4.92. The lowest BCUT2D eigenvalue weighted by atomic mass is 10.0. The third-order valence-electron chi connectivity index (χ3n) is 3.93. The van der Waals surface area contributed by atoms with Gasteiger partial charge in [0.2, 0.25) is 5.91 Å². The first kappa shape index (κ1) is 10.5. The molecule has 4 heteroatoms. The molecule has 0 aromatic carbocycles. The lowest BCUT2D eigenvalue weighted by Crippen LogP contribution is -2.39. The Morgan fingerprint density at radius 3 is 2.20 bits per heavy atom. The highest BCUT2D eigenvalue weighted by molar-refractivity contribution is 6.04. The molecule has 0 spiro atoms. The van der Waals surface area contributed by atoms with Gasteiger partial charge in [-0.3, -0.25) is 9.59 Å². The second-order valence-corrected chi connectivity index (χ2v) is 4.92. The molecule has 2 saturated carbocycles. The fourth-order valence-corrected chi connectivity index (χ4v) is 1.93. The minimum absolute atomic E-state index is 0.282. The zero-order valence-corrected chi connectivity index (χ0v) is 9.01. The Kier molecular flexibility index (Phi) is 2.24. The van der Waals surface area contributed by atoms with Crippen LogP contribution in [0.4, 0.5) is 0 Å². The molecule has 15 heavy (non-hydrogen) atoms. The average molecular weight is 211 g/mol. The summed E-state index contributed by atoms with van der Waals surface area (Å²) in [4.78, 5) is 22.5. The lowest BCUT2D eigenvalue weighted by Gasteiger charge is -2.16. The van der Waals surface area contributed by atoms with E-state index < -0.39 is 11.4 Å². The number of hydrogen-bond acceptors (Lipinski definition) is 2. The van der Waals surface area contributed by atoms with Crippen molar-refractivity contribution < 1.29 is 14.7 Å². The molecule has 0 bridgehead atoms. The van der Waals surface area contributed by atoms with Gasteiger partial charge >= 0.3 is 5.97 Å². The van der Waals surface area contributed by atoms with E-state index in [1.807, 2.05) is 0 Å². The zero-order chi connectivity index (χ0) is 11.1. The van der Waals surface area contributed by atoms with Gasteiger partial charge in [-0.1, -0.05) is 6.92 Å². The van der Waals surface area contributed by atoms with Crippen LogP contribution in [0.1, 0.15) is 39.0 Å². The first-order valence-electron chi connectivity index (χ1n) is 5.56. The monoisotopic (exact) mass is 211 g/mol. The molecule has 2 rings (SSSR count). The van der Waals surface area contributed by atoms with E-state index in [0.29, 0.717) is 19.4 Å². The number of carboxylic acid groups (broad SMARTS) is 1. The molecule has 0 radical (unpaired) electrons. The molecule has 4 nitrogen and oxygen atoms in total. The zero-order valence-electron chi connectivity index (χ0n) is 9.01. The number of carbonyl (C=O) groups is 2. The van der Waals surface area contributed by atoms with Gasteiger partial charge in [-0.25, -0.2) is 0 Å². The van der Waals surface area contributed by atoms with E-state index in [9.17, 15) is 9.59 Å². The molecule has 0 aliphatic heterocycles. The number of aliphatic carboxylic acids is 1. The van der Waals surface area contributed by atoms with Crippen molar-refractivity contribution in [2.45, 2.75) is 39.0 Å². The van der Waals surface area contributed by atoms with Crippen molar-refractivity contribution in [3.05, 3.63) is 0 Å². The second kappa shape index (κ2) is 3.22. The molecule has 0 saturated heterocycles. The van der Waals surface area contributed by atoms with Crippen molar-refractivity contribution in [2.75, 3.05) is 6.54 Å². The van der Waals surface area contributed by atoms with Crippen molar-refractivity contribution in [1.82, 2.24) is 5.32 Å². The van der Waals surface area contributed by atoms with Crippen LogP contribution in [-0.4, -0.2) is 23.5 Å². The van der Waals surface area contributed by atoms with Crippen molar-refractivity contribution >= 4 is 11.9 Å². The third kappa shape index (κ3) is 1.73. The van der Waals surface area contributed by atoms with Gasteiger partial charge in [0.25, 0.3) is 0 Å². The van der Waals surface area contributed by atoms with E-state index in [-0.39, 0.29) is 11.3 Å². The van der Waals surface area contributed by atoms with E-state index in [0.717, 1.165) is 19.3 Å². The molecule has 0 unspecified atom stereocenters. The Hall–Kier alpha value is -1.06. The van der Waals surface area contributed by atoms with Crippen LogP contribution in [0.3, 0.4) is 0 Å². The molecule has 2 aliphatic carbocycles. The summed E-state index contributed by atoms with van der Waals surface area (Å²) >= 11 is 0. The predicted molar refractivity (Wildman–Crippen MR) is 54.3 cm³/mol. The van der Waals surface area contributed by atoms with Crippen LogP contribution in [0.2, 0.25) is 0 Å². The standard InChI is InChI=1S/C11H17NO3/c1-2-10(3-4-10)7-12-8(13)11(5-6-11)9(14)15/h2-7H2,1H3,(H,12,13)(H,14,15). The number of carbonyl (C=O) groups excluding carboxylic acids is 1. The maximum absolute atomic E-state index is 11.7. The Balaban J connectivity index is 1.86. The summed E-state index contributed by atoms with van der Waals surface area (Å²) < 4.78 is 0. The molecule has 0 aromatic heterocycles. The first-order valence-corrected chi connectivity index (χ1v) is 5.56. The molecule has 1 amide bonds. The predicted octanol–water partition coefficient (Wildman–Crippen LogP) is 1.16. The van der Waals surface area contributed by atoms with Crippen LogP contribution in [0.5, 0.6) is 0 Å². The molecule has 0 aromatic rings. The van der Waals surface area contributed by atoms with Crippen LogP contribution in [0, 0.1) is 10.8 Å². The molecule has 84 valence electrons. The molecular weight excluding hydrogens is 194 g/mol. The van der Waals surface area contributed by atoms with E-state index in [1.54, 1.807) is 0 Å². The molecule has 2 aliphatic rings. The lowest BCUT2D eigenvalue weighted by molar-refractivity contribution is -0.149. The quantitative estimate of drug-likeness (QED) is 0.670. The SMILES string of the molecule is CCC1(CNC(=O)C2(C(=O)O)CC2)CC1. The number of hydrogen-bond donors (Lipinski definition) is 2. The maximum Gasteiger partial charge on any atom is 0.319 e. The van der Waals surface area contributed by atoms with Crippen LogP contribution in [-0.2, 0) is 9.59 Å². The summed E-state index contributed by atoms with van der Waals surface area (Å²) in [5.41, 5.74) is -0.798. The first-order chi connectivity index (χ1) is 7.05. The van der Waals surface area contributed by atoms with Gasteiger partial charge in [0.15, 0.2) is 0 Å². The van der Waals surface area contributed by atoms with Gasteiger partial charge in [-0.05, 0) is 37.5 Å². The maximum atomic E-state index is 11.7. The Bertz CT molecular complexity index is 303. The van der Waals surface area contributed by atoms with E-state index in [4.69, 9.17) is 5.11 Å². The highest BCUT2D eigenvalue weighted by Gasteiger charge is 2.57. The van der Waals surface area contributed by atoms with Crippen molar-refractivity contribution in [3.8, 4) is 0 Å². The smallest absolute Gasteiger partial charge is 0.319 e. The minimum Gasteiger partial charge on any atom is -0.480 e. The van der Waals surface area contributed by atoms with Gasteiger partial charge in [0.05, 0.1) is 0 Å². The van der Waals surface area contributed by atoms with Crippen LogP contribution in [0.25, 0.3) is 0 Å². The summed E-state index contributed by atoms with van der Waals surface area (Å²) in [5.74, 6) is -1.25. The third-order valence-corrected chi connectivity index (χ3v) is 3.93. The average Bonchev–Trinajstić information content (AvgIpc) is 3.09. The van der Waals surface area contributed by atoms with E-state index >= 15 is 0 Å². The van der Waals surface area contributed by atoms with Crippen LogP contribution in [0.15, 0.2) is 0 Å². The van der Waals surface area contributed by atoms with E-state index in [2.05, 4.69) is 12.2 Å². The van der Waals surface area contributed by atoms with Crippen molar-refractivity contribution in [2.24, 2.45) is 10.8 Å². The summed E-state index contributed by atoms with van der Waals surface area (Å²) in [6.45, 7) is 2.76. The highest BCUT2D eigenvalue weighted by atomic mass is 16.4. The topological polar surface area (TPSA) is 66.4 Å². The van der Waals surface area contributed by atoms with Crippen molar-refractivity contribution in [3.63, 3.8) is 0 Å². The molecule has 0 atom stereocenters. The minimum atomic E-state index is -1.08. The van der Waals surface area contributed by atoms with Crippen LogP contribution < -0.4 is 5.32 Å². The summed E-state index contributed by atoms with van der Waals surface area (Å²) in [5, 5.41) is 11.7. The number of nitrogens with one attached hydrogen (secondary N) is 1. The summed E-state index contributed by atoms with van der Waals surface area (Å²) in [6, 6.07) is 0. The number of rotatable bonds is 5. The fraction of sp³-hybridized carbons (Fsp3) is 0.818. The normalized spacial score (nSPS) is 24.3. The largest absolute Gasteiger partial charge is 0.480 e. The highest BCUT2D eigenvalue weighted by Crippen LogP contribution is 2.49. The van der Waals surface area contributed by atoms with Gasteiger partial charge in [0, 0.05) is 6.54 Å². The Morgan fingerprint density at radius 1 is 1.27 bits per heavy atom. The molecule has 2 N–H and O–H groups in total. The van der Waals surface area contributed by atoms with Crippen LogP contribution >= 0.6 is 0 Å². The Labute approximate surface area is 89.0 Å². The van der Waals surface area contributed by atoms with Crippen molar-refractivity contribution in [1.29, 1.82) is 0 Å². The number of amides is 1. The summed E-state index contributed by atoms with van der Waals surface area (Å²) in [7, 11) is 0. The summed E-state index contributed by atoms with van der Waals surface area (Å²) in [6.07, 6.45) is 4.36. The van der Waals surface area contributed by atoms with Gasteiger partial charge < -0.3 is 10.4 Å². The Morgan fingerprint density at radius 2 is 1.87 bits per heavy atom. The van der Waals surface area contributed by atoms with Gasteiger partial charge in [0.1, 0.15) is 5.41 Å². The number of carboxylic acids is 1. The van der Waals surface area contributed by atoms with E-state index in [1.165, 1.54) is 0 Å². The molecule has 2 fully saturated rings. The molecule has 0 heterocycles. The van der Waals surface area contributed by atoms with Gasteiger partial charge in [-0.2, -0.15) is 0 Å².